The predicted molar refractivity (Wildman–Crippen MR) is 90.2 cm³/mol. The van der Waals surface area contributed by atoms with E-state index in [1.165, 1.54) is 19.1 Å². The maximum atomic E-state index is 13.1. The second-order valence-electron chi connectivity index (χ2n) is 6.77. The number of nitrogens with zero attached hydrogens (tertiary/aromatic N) is 3. The minimum absolute atomic E-state index is 0.00409. The third-order valence-electron chi connectivity index (χ3n) is 5.05. The molecule has 2 heterocycles. The van der Waals surface area contributed by atoms with Crippen molar-refractivity contribution in [3.8, 4) is 0 Å². The third-order valence-corrected chi connectivity index (χ3v) is 5.05. The fourth-order valence-corrected chi connectivity index (χ4v) is 3.63. The summed E-state index contributed by atoms with van der Waals surface area (Å²) in [6, 6.07) is 6.14. The number of hydrogen-bond acceptors (Lipinski definition) is 4. The number of β-amino-alcohol motifs (C(OH)–C–C–N with tert-alkyl or cyclic N) is 1. The van der Waals surface area contributed by atoms with Crippen molar-refractivity contribution in [3.05, 3.63) is 35.6 Å². The Balaban J connectivity index is 1.61. The molecule has 2 saturated heterocycles. The lowest BCUT2D eigenvalue weighted by atomic mass is 10.0. The highest BCUT2D eigenvalue weighted by Crippen LogP contribution is 2.32. The molecule has 25 heavy (non-hydrogen) atoms. The summed E-state index contributed by atoms with van der Waals surface area (Å²) < 4.78 is 13.1. The number of aliphatic hydroxyl groups is 1. The molecular weight excluding hydrogens is 325 g/mol. The van der Waals surface area contributed by atoms with E-state index in [-0.39, 0.29) is 30.2 Å². The zero-order chi connectivity index (χ0) is 18.0. The van der Waals surface area contributed by atoms with E-state index >= 15 is 0 Å². The van der Waals surface area contributed by atoms with E-state index in [0.29, 0.717) is 39.1 Å². The molecular formula is C18H24FN3O3. The van der Waals surface area contributed by atoms with E-state index in [2.05, 4.69) is 0 Å². The molecule has 0 radical (unpaired) electrons. The van der Waals surface area contributed by atoms with Crippen molar-refractivity contribution in [2.45, 2.75) is 25.5 Å². The van der Waals surface area contributed by atoms with Gasteiger partial charge < -0.3 is 14.9 Å². The number of hydrogen-bond donors (Lipinski definition) is 1. The highest BCUT2D eigenvalue weighted by atomic mass is 19.1. The fourth-order valence-electron chi connectivity index (χ4n) is 3.63. The van der Waals surface area contributed by atoms with Crippen LogP contribution in [0.15, 0.2) is 24.3 Å². The van der Waals surface area contributed by atoms with Crippen molar-refractivity contribution >= 4 is 11.8 Å². The Hall–Kier alpha value is -1.99. The van der Waals surface area contributed by atoms with Gasteiger partial charge in [-0.25, -0.2) is 4.39 Å². The smallest absolute Gasteiger partial charge is 0.236 e. The monoisotopic (exact) mass is 349 g/mol. The van der Waals surface area contributed by atoms with Gasteiger partial charge in [0.05, 0.1) is 12.6 Å². The molecule has 136 valence electrons. The highest BCUT2D eigenvalue weighted by Gasteiger charge is 2.34. The molecule has 2 aliphatic rings. The first-order chi connectivity index (χ1) is 11.9. The van der Waals surface area contributed by atoms with Crippen LogP contribution in [0.2, 0.25) is 0 Å². The summed E-state index contributed by atoms with van der Waals surface area (Å²) in [6.07, 6.45) is 0.0502. The standard InChI is InChI=1S/C18H24FN3O3/c1-13(23)20-6-8-21(9-7-20)18(25)12-22-11-16(24)10-17(22)14-2-4-15(19)5-3-14/h2-5,16-17,24H,6-12H2,1H3/t16-,17+/m1/s1. The van der Waals surface area contributed by atoms with Crippen LogP contribution in [-0.4, -0.2) is 77.0 Å². The maximum absolute atomic E-state index is 13.1. The van der Waals surface area contributed by atoms with E-state index in [9.17, 15) is 19.1 Å². The Morgan fingerprint density at radius 3 is 2.32 bits per heavy atom. The second-order valence-corrected chi connectivity index (χ2v) is 6.77. The van der Waals surface area contributed by atoms with Crippen LogP contribution in [0.5, 0.6) is 0 Å². The number of piperazine rings is 1. The SMILES string of the molecule is CC(=O)N1CCN(C(=O)CN2C[C@H](O)C[C@H]2c2ccc(F)cc2)CC1. The molecule has 3 rings (SSSR count). The van der Waals surface area contributed by atoms with Gasteiger partial charge in [-0.3, -0.25) is 14.5 Å². The van der Waals surface area contributed by atoms with Crippen molar-refractivity contribution in [2.75, 3.05) is 39.3 Å². The molecule has 0 aliphatic carbocycles. The number of likely N-dealkylation sites (tertiary alicyclic amines) is 1. The van der Waals surface area contributed by atoms with E-state index < -0.39 is 6.10 Å². The number of amides is 2. The van der Waals surface area contributed by atoms with Gasteiger partial charge in [-0.2, -0.15) is 0 Å². The zero-order valence-electron chi connectivity index (χ0n) is 14.4. The molecule has 0 bridgehead atoms. The van der Waals surface area contributed by atoms with E-state index in [1.807, 2.05) is 4.90 Å². The number of halogens is 1. The molecule has 0 unspecified atom stereocenters. The second kappa shape index (κ2) is 7.49. The number of rotatable bonds is 3. The van der Waals surface area contributed by atoms with Crippen LogP contribution in [0.4, 0.5) is 4.39 Å². The Kier molecular flexibility index (Phi) is 5.34. The van der Waals surface area contributed by atoms with Crippen LogP contribution in [0.25, 0.3) is 0 Å². The molecule has 7 heteroatoms. The van der Waals surface area contributed by atoms with Crippen molar-refractivity contribution in [1.29, 1.82) is 0 Å². The van der Waals surface area contributed by atoms with Gasteiger partial charge in [0.1, 0.15) is 5.82 Å². The average Bonchev–Trinajstić information content (AvgIpc) is 2.96. The Morgan fingerprint density at radius 2 is 1.72 bits per heavy atom. The number of aliphatic hydroxyl groups excluding tert-OH is 1. The van der Waals surface area contributed by atoms with Gasteiger partial charge in [0.25, 0.3) is 0 Å². The maximum Gasteiger partial charge on any atom is 0.236 e. The molecule has 1 aromatic carbocycles. The molecule has 0 aromatic heterocycles. The summed E-state index contributed by atoms with van der Waals surface area (Å²) >= 11 is 0. The van der Waals surface area contributed by atoms with Gasteiger partial charge in [-0.05, 0) is 24.1 Å². The summed E-state index contributed by atoms with van der Waals surface area (Å²) in [5.74, 6) is -0.260. The number of carbonyl (C=O) groups is 2. The van der Waals surface area contributed by atoms with Gasteiger partial charge in [-0.15, -0.1) is 0 Å². The van der Waals surface area contributed by atoms with Crippen LogP contribution in [0.3, 0.4) is 0 Å². The zero-order valence-corrected chi connectivity index (χ0v) is 14.4. The molecule has 2 atom stereocenters. The van der Waals surface area contributed by atoms with Crippen molar-refractivity contribution in [3.63, 3.8) is 0 Å². The van der Waals surface area contributed by atoms with Crippen LogP contribution < -0.4 is 0 Å². The van der Waals surface area contributed by atoms with Gasteiger partial charge in [-0.1, -0.05) is 12.1 Å². The van der Waals surface area contributed by atoms with Gasteiger partial charge >= 0.3 is 0 Å². The van der Waals surface area contributed by atoms with E-state index in [0.717, 1.165) is 5.56 Å². The lowest BCUT2D eigenvalue weighted by Crippen LogP contribution is -2.52. The first kappa shape index (κ1) is 17.8. The Morgan fingerprint density at radius 1 is 1.12 bits per heavy atom. The molecule has 0 saturated carbocycles. The largest absolute Gasteiger partial charge is 0.392 e. The molecule has 6 nitrogen and oxygen atoms in total. The van der Waals surface area contributed by atoms with Crippen LogP contribution in [-0.2, 0) is 9.59 Å². The summed E-state index contributed by atoms with van der Waals surface area (Å²) in [7, 11) is 0. The Labute approximate surface area is 146 Å². The Bertz CT molecular complexity index is 629. The quantitative estimate of drug-likeness (QED) is 0.869. The minimum atomic E-state index is -0.489. The summed E-state index contributed by atoms with van der Waals surface area (Å²) in [6.45, 7) is 4.39. The number of carbonyl (C=O) groups excluding carboxylic acids is 2. The lowest BCUT2D eigenvalue weighted by Gasteiger charge is -2.35. The number of benzene rings is 1. The molecule has 1 aromatic rings. The first-order valence-corrected chi connectivity index (χ1v) is 8.65. The predicted octanol–water partition coefficient (Wildman–Crippen LogP) is 0.624. The van der Waals surface area contributed by atoms with Crippen molar-refractivity contribution in [2.24, 2.45) is 0 Å². The minimum Gasteiger partial charge on any atom is -0.392 e. The normalized spacial score (nSPS) is 24.6. The van der Waals surface area contributed by atoms with Gasteiger partial charge in [0.15, 0.2) is 0 Å². The summed E-state index contributed by atoms with van der Waals surface area (Å²) in [5, 5.41) is 10.0. The van der Waals surface area contributed by atoms with Crippen LogP contribution >= 0.6 is 0 Å². The fraction of sp³-hybridized carbons (Fsp3) is 0.556. The molecule has 1 N–H and O–H groups in total. The molecule has 2 amide bonds. The summed E-state index contributed by atoms with van der Waals surface area (Å²) in [5.41, 5.74) is 0.909. The summed E-state index contributed by atoms with van der Waals surface area (Å²) in [4.78, 5) is 29.4. The third kappa shape index (κ3) is 4.16. The van der Waals surface area contributed by atoms with Crippen molar-refractivity contribution in [1.82, 2.24) is 14.7 Å². The molecule has 2 aliphatic heterocycles. The van der Waals surface area contributed by atoms with E-state index in [4.69, 9.17) is 0 Å². The van der Waals surface area contributed by atoms with Crippen molar-refractivity contribution < 1.29 is 19.1 Å². The van der Waals surface area contributed by atoms with Gasteiger partial charge in [0.2, 0.25) is 11.8 Å². The molecule has 0 spiro atoms. The highest BCUT2D eigenvalue weighted by molar-refractivity contribution is 5.79. The average molecular weight is 349 g/mol. The van der Waals surface area contributed by atoms with Crippen LogP contribution in [0, 0.1) is 5.82 Å². The van der Waals surface area contributed by atoms with E-state index in [1.54, 1.807) is 21.9 Å². The molecule has 2 fully saturated rings. The van der Waals surface area contributed by atoms with Gasteiger partial charge in [0, 0.05) is 45.7 Å². The van der Waals surface area contributed by atoms with Crippen LogP contribution in [0.1, 0.15) is 24.9 Å². The lowest BCUT2D eigenvalue weighted by molar-refractivity contribution is -0.139. The first-order valence-electron chi connectivity index (χ1n) is 8.65. The topological polar surface area (TPSA) is 64.1 Å².